The predicted octanol–water partition coefficient (Wildman–Crippen LogP) is 0.427. The van der Waals surface area contributed by atoms with Crippen molar-refractivity contribution < 1.29 is 9.59 Å². The van der Waals surface area contributed by atoms with Crippen LogP contribution < -0.4 is 10.6 Å². The molecule has 76 valence electrons. The van der Waals surface area contributed by atoms with E-state index in [1.165, 1.54) is 6.92 Å². The van der Waals surface area contributed by atoms with Gasteiger partial charge in [-0.25, -0.2) is 0 Å². The minimum atomic E-state index is -0.304. The smallest absolute Gasteiger partial charge is 0.242 e. The molecule has 1 heterocycles. The Kier molecular flexibility index (Phi) is 5.93. The molecule has 4 heteroatoms. The molecule has 13 heavy (non-hydrogen) atoms. The fraction of sp³-hybridized carbons (Fsp3) is 0.778. The van der Waals surface area contributed by atoms with E-state index in [1.54, 1.807) is 0 Å². The van der Waals surface area contributed by atoms with Gasteiger partial charge in [0.05, 0.1) is 0 Å². The van der Waals surface area contributed by atoms with Gasteiger partial charge in [-0.2, -0.15) is 0 Å². The highest BCUT2D eigenvalue weighted by molar-refractivity contribution is 5.87. The third-order valence-electron chi connectivity index (χ3n) is 1.66. The Morgan fingerprint density at radius 1 is 1.54 bits per heavy atom. The second kappa shape index (κ2) is 6.46. The maximum atomic E-state index is 11.0. The zero-order chi connectivity index (χ0) is 10.3. The molecule has 0 spiro atoms. The molecule has 0 saturated carbocycles. The van der Waals surface area contributed by atoms with Crippen molar-refractivity contribution in [1.82, 2.24) is 10.6 Å². The lowest BCUT2D eigenvalue weighted by molar-refractivity contribution is -0.129. The summed E-state index contributed by atoms with van der Waals surface area (Å²) < 4.78 is 0. The number of hydrogen-bond acceptors (Lipinski definition) is 2. The predicted molar refractivity (Wildman–Crippen MR) is 51.2 cm³/mol. The van der Waals surface area contributed by atoms with E-state index in [0.717, 1.165) is 19.4 Å². The Morgan fingerprint density at radius 2 is 2.15 bits per heavy atom. The van der Waals surface area contributed by atoms with Crippen molar-refractivity contribution in [2.24, 2.45) is 0 Å². The standard InChI is InChI=1S/C7H12N2O2.C2H6/c1-5(10)9-6-3-2-4-8-7(6)11;1-2/h6H,2-4H2,1H3,(H,8,11)(H,9,10);1-2H3/t6-;/m0./s1. The van der Waals surface area contributed by atoms with Crippen LogP contribution >= 0.6 is 0 Å². The molecule has 0 bridgehead atoms. The monoisotopic (exact) mass is 186 g/mol. The zero-order valence-corrected chi connectivity index (χ0v) is 8.52. The van der Waals surface area contributed by atoms with E-state index in [-0.39, 0.29) is 17.9 Å². The summed E-state index contributed by atoms with van der Waals surface area (Å²) in [6.07, 6.45) is 1.70. The van der Waals surface area contributed by atoms with Crippen molar-refractivity contribution in [3.8, 4) is 0 Å². The molecule has 4 nitrogen and oxygen atoms in total. The average Bonchev–Trinajstić information content (AvgIpc) is 2.12. The first kappa shape index (κ1) is 11.9. The number of nitrogens with one attached hydrogen (secondary N) is 2. The number of piperidine rings is 1. The molecule has 0 aliphatic carbocycles. The number of rotatable bonds is 1. The highest BCUT2D eigenvalue weighted by Crippen LogP contribution is 2.01. The van der Waals surface area contributed by atoms with Crippen LogP contribution in [0.2, 0.25) is 0 Å². The lowest BCUT2D eigenvalue weighted by Crippen LogP contribution is -2.49. The molecule has 1 fully saturated rings. The van der Waals surface area contributed by atoms with Crippen molar-refractivity contribution >= 4 is 11.8 Å². The second-order valence-corrected chi connectivity index (χ2v) is 2.69. The molecule has 1 saturated heterocycles. The molecule has 2 N–H and O–H groups in total. The molecular weight excluding hydrogens is 168 g/mol. The van der Waals surface area contributed by atoms with E-state index in [4.69, 9.17) is 0 Å². The first-order valence-corrected chi connectivity index (χ1v) is 4.75. The van der Waals surface area contributed by atoms with Gasteiger partial charge in [0.15, 0.2) is 0 Å². The van der Waals surface area contributed by atoms with Crippen LogP contribution in [0.25, 0.3) is 0 Å². The Morgan fingerprint density at radius 3 is 2.62 bits per heavy atom. The van der Waals surface area contributed by atoms with Crippen LogP contribution in [-0.4, -0.2) is 24.4 Å². The number of amides is 2. The third kappa shape index (κ3) is 4.50. The molecule has 0 aromatic heterocycles. The van der Waals surface area contributed by atoms with Gasteiger partial charge in [0.25, 0.3) is 0 Å². The number of hydrogen-bond donors (Lipinski definition) is 2. The molecule has 1 aliphatic rings. The summed E-state index contributed by atoms with van der Waals surface area (Å²) >= 11 is 0. The van der Waals surface area contributed by atoms with Gasteiger partial charge < -0.3 is 10.6 Å². The quantitative estimate of drug-likeness (QED) is 0.624. The van der Waals surface area contributed by atoms with Gasteiger partial charge in [-0.05, 0) is 12.8 Å². The molecule has 1 aliphatic heterocycles. The molecule has 2 amide bonds. The Balaban J connectivity index is 0.000000671. The Bertz CT molecular complexity index is 180. The molecular formula is C9H18N2O2. The van der Waals surface area contributed by atoms with Gasteiger partial charge in [0.1, 0.15) is 6.04 Å². The average molecular weight is 186 g/mol. The highest BCUT2D eigenvalue weighted by Gasteiger charge is 2.21. The van der Waals surface area contributed by atoms with Crippen molar-refractivity contribution in [3.05, 3.63) is 0 Å². The van der Waals surface area contributed by atoms with Crippen LogP contribution in [0.5, 0.6) is 0 Å². The van der Waals surface area contributed by atoms with Gasteiger partial charge in [0.2, 0.25) is 11.8 Å². The lowest BCUT2D eigenvalue weighted by Gasteiger charge is -2.21. The van der Waals surface area contributed by atoms with E-state index in [1.807, 2.05) is 13.8 Å². The highest BCUT2D eigenvalue weighted by atomic mass is 16.2. The topological polar surface area (TPSA) is 58.2 Å². The van der Waals surface area contributed by atoms with Crippen LogP contribution in [0.15, 0.2) is 0 Å². The van der Waals surface area contributed by atoms with E-state index in [9.17, 15) is 9.59 Å². The first-order chi connectivity index (χ1) is 6.20. The summed E-state index contributed by atoms with van der Waals surface area (Å²) in [6.45, 7) is 6.15. The van der Waals surface area contributed by atoms with E-state index < -0.39 is 0 Å². The summed E-state index contributed by atoms with van der Waals surface area (Å²) in [5, 5.41) is 5.26. The number of carbonyl (C=O) groups is 2. The van der Waals surface area contributed by atoms with Gasteiger partial charge in [-0.15, -0.1) is 0 Å². The zero-order valence-electron chi connectivity index (χ0n) is 8.52. The summed E-state index contributed by atoms with van der Waals surface area (Å²) in [7, 11) is 0. The van der Waals surface area contributed by atoms with Crippen molar-refractivity contribution in [2.45, 2.75) is 39.7 Å². The van der Waals surface area contributed by atoms with Crippen molar-refractivity contribution in [1.29, 1.82) is 0 Å². The van der Waals surface area contributed by atoms with Crippen LogP contribution in [0.3, 0.4) is 0 Å². The van der Waals surface area contributed by atoms with Crippen LogP contribution in [-0.2, 0) is 9.59 Å². The summed E-state index contributed by atoms with van der Waals surface area (Å²) in [4.78, 5) is 21.6. The molecule has 0 unspecified atom stereocenters. The van der Waals surface area contributed by atoms with Crippen LogP contribution in [0.4, 0.5) is 0 Å². The maximum Gasteiger partial charge on any atom is 0.242 e. The molecule has 0 aromatic rings. The fourth-order valence-electron chi connectivity index (χ4n) is 1.16. The van der Waals surface area contributed by atoms with Gasteiger partial charge in [0, 0.05) is 13.5 Å². The van der Waals surface area contributed by atoms with Gasteiger partial charge in [-0.1, -0.05) is 13.8 Å². The van der Waals surface area contributed by atoms with Gasteiger partial charge in [-0.3, -0.25) is 9.59 Å². The van der Waals surface area contributed by atoms with E-state index >= 15 is 0 Å². The summed E-state index contributed by atoms with van der Waals surface area (Å²) in [5.41, 5.74) is 0. The largest absolute Gasteiger partial charge is 0.354 e. The molecule has 1 atom stereocenters. The minimum Gasteiger partial charge on any atom is -0.354 e. The molecule has 1 rings (SSSR count). The number of carbonyl (C=O) groups excluding carboxylic acids is 2. The third-order valence-corrected chi connectivity index (χ3v) is 1.66. The normalized spacial score (nSPS) is 20.8. The van der Waals surface area contributed by atoms with E-state index in [2.05, 4.69) is 10.6 Å². The van der Waals surface area contributed by atoms with Crippen molar-refractivity contribution in [3.63, 3.8) is 0 Å². The lowest BCUT2D eigenvalue weighted by atomic mass is 10.1. The molecule has 0 radical (unpaired) electrons. The van der Waals surface area contributed by atoms with E-state index in [0.29, 0.717) is 0 Å². The van der Waals surface area contributed by atoms with Crippen molar-refractivity contribution in [2.75, 3.05) is 6.54 Å². The fourth-order valence-corrected chi connectivity index (χ4v) is 1.16. The second-order valence-electron chi connectivity index (χ2n) is 2.69. The maximum absolute atomic E-state index is 11.0. The Hall–Kier alpha value is -1.06. The van der Waals surface area contributed by atoms with Crippen LogP contribution in [0, 0.1) is 0 Å². The molecule has 0 aromatic carbocycles. The summed E-state index contributed by atoms with van der Waals surface area (Å²) in [6, 6.07) is -0.304. The SMILES string of the molecule is CC.CC(=O)N[C@H]1CCCNC1=O. The first-order valence-electron chi connectivity index (χ1n) is 4.75. The van der Waals surface area contributed by atoms with Gasteiger partial charge >= 0.3 is 0 Å². The van der Waals surface area contributed by atoms with Crippen LogP contribution in [0.1, 0.15) is 33.6 Å². The Labute approximate surface area is 79.1 Å². The summed E-state index contributed by atoms with van der Waals surface area (Å²) in [5.74, 6) is -0.210. The minimum absolute atomic E-state index is 0.0635.